The van der Waals surface area contributed by atoms with Crippen molar-refractivity contribution in [2.75, 3.05) is 0 Å². The smallest absolute Gasteiger partial charge is 1.00 e. The Morgan fingerprint density at radius 1 is 0.788 bits per heavy atom. The third-order valence-corrected chi connectivity index (χ3v) is 28.6. The predicted octanol–water partition coefficient (Wildman–Crippen LogP) is 2.22. The van der Waals surface area contributed by atoms with Crippen LogP contribution in [0.2, 0.25) is 12.1 Å². The van der Waals surface area contributed by atoms with Crippen LogP contribution in [0.5, 0.6) is 0 Å². The molecule has 2 aromatic rings. The van der Waals surface area contributed by atoms with Gasteiger partial charge in [0.1, 0.15) is 0 Å². The minimum Gasteiger partial charge on any atom is -1.00 e. The molecule has 0 radical (unpaired) electrons. The van der Waals surface area contributed by atoms with E-state index in [1.807, 2.05) is 3.28 Å². The quantitative estimate of drug-likeness (QED) is 0.483. The molecule has 4 heteroatoms. The average molecular weight is 575 g/mol. The van der Waals surface area contributed by atoms with Gasteiger partial charge in [-0.15, -0.1) is 0 Å². The first-order valence-electron chi connectivity index (χ1n) is 12.0. The van der Waals surface area contributed by atoms with Crippen molar-refractivity contribution < 1.29 is 45.2 Å². The summed E-state index contributed by atoms with van der Waals surface area (Å²) in [5.41, 5.74) is 9.69. The molecular formula is C29H36Cl2SiZr. The van der Waals surface area contributed by atoms with Crippen molar-refractivity contribution >= 4 is 5.43 Å². The fourth-order valence-corrected chi connectivity index (χ4v) is 28.6. The van der Waals surface area contributed by atoms with Gasteiger partial charge in [0, 0.05) is 0 Å². The molecule has 0 saturated carbocycles. The SMILES string of the molecule is CC(C)(C)c1ccc2c(c1)-c1cc(C(C)(C)C)ccc1[CH]2[Zr+2]([C]1=CC=CC1)=[Si]1CCC1.[Cl-].[Cl-]. The van der Waals surface area contributed by atoms with Crippen molar-refractivity contribution in [3.05, 3.63) is 80.2 Å². The normalized spacial score (nSPS) is 16.6. The zero-order valence-corrected chi connectivity index (χ0v) is 25.8. The Labute approximate surface area is 221 Å². The van der Waals surface area contributed by atoms with Crippen molar-refractivity contribution in [2.24, 2.45) is 0 Å². The van der Waals surface area contributed by atoms with E-state index in [-0.39, 0.29) is 41.1 Å². The molecule has 1 saturated heterocycles. The van der Waals surface area contributed by atoms with Crippen LogP contribution in [-0.4, -0.2) is 5.43 Å². The molecule has 1 heterocycles. The maximum atomic E-state index is 2.56. The maximum Gasteiger partial charge on any atom is -1.00 e. The van der Waals surface area contributed by atoms with Crippen LogP contribution in [0.15, 0.2) is 57.9 Å². The van der Waals surface area contributed by atoms with E-state index in [2.05, 4.69) is 96.2 Å². The minimum atomic E-state index is -1.78. The van der Waals surface area contributed by atoms with E-state index in [4.69, 9.17) is 0 Å². The van der Waals surface area contributed by atoms with Gasteiger partial charge in [0.2, 0.25) is 0 Å². The van der Waals surface area contributed by atoms with E-state index in [0.717, 1.165) is 3.63 Å². The monoisotopic (exact) mass is 572 g/mol. The van der Waals surface area contributed by atoms with Crippen LogP contribution in [0.25, 0.3) is 11.1 Å². The third-order valence-electron chi connectivity index (χ3n) is 7.49. The third kappa shape index (κ3) is 4.97. The Kier molecular flexibility index (Phi) is 8.18. The number of hydrogen-bond donors (Lipinski definition) is 0. The number of allylic oxidation sites excluding steroid dienone is 4. The van der Waals surface area contributed by atoms with Gasteiger partial charge >= 0.3 is 198 Å². The van der Waals surface area contributed by atoms with Gasteiger partial charge in [0.05, 0.1) is 0 Å². The topological polar surface area (TPSA) is 0 Å². The van der Waals surface area contributed by atoms with Crippen LogP contribution >= 0.6 is 0 Å². The summed E-state index contributed by atoms with van der Waals surface area (Å²) in [6, 6.07) is 18.3. The summed E-state index contributed by atoms with van der Waals surface area (Å²) in [6.45, 7) is 14.1. The molecule has 174 valence electrons. The molecule has 2 aliphatic carbocycles. The number of benzene rings is 2. The standard InChI is InChI=1S/C21H25.C5H5.C3H6Si.2ClH.Zr/c1-20(2,3)16-9-7-14-11-15-8-10-17(21(4,5)6)13-19(15)18(14)12-16;1-2-4-5-3-1;1-2-4-3-1;;;/h7-13H,1-6H3;1-3H,4H2;1-3H2;2*1H;/q;;;;;+2/p-2. The Morgan fingerprint density at radius 2 is 1.30 bits per heavy atom. The fraction of sp³-hybridized carbons (Fsp3) is 0.448. The van der Waals surface area contributed by atoms with Crippen molar-refractivity contribution in [3.63, 3.8) is 0 Å². The summed E-state index contributed by atoms with van der Waals surface area (Å²) in [5, 5.41) is 0. The van der Waals surface area contributed by atoms with Gasteiger partial charge in [0.15, 0.2) is 0 Å². The molecule has 0 bridgehead atoms. The van der Waals surface area contributed by atoms with E-state index >= 15 is 0 Å². The average Bonchev–Trinajstić information content (AvgIpc) is 3.29. The van der Waals surface area contributed by atoms with Crippen LogP contribution in [0, 0.1) is 0 Å². The van der Waals surface area contributed by atoms with Crippen molar-refractivity contribution in [2.45, 2.75) is 80.9 Å². The van der Waals surface area contributed by atoms with E-state index in [9.17, 15) is 0 Å². The molecule has 2 aromatic carbocycles. The Balaban J connectivity index is 0.00000153. The molecule has 0 aromatic heterocycles. The van der Waals surface area contributed by atoms with Crippen LogP contribution < -0.4 is 24.8 Å². The van der Waals surface area contributed by atoms with Gasteiger partial charge in [-0.05, 0) is 0 Å². The molecule has 1 aliphatic heterocycles. The van der Waals surface area contributed by atoms with Crippen LogP contribution in [-0.2, 0) is 31.2 Å². The Bertz CT molecular complexity index is 1090. The first-order valence-corrected chi connectivity index (χ1v) is 20.3. The summed E-state index contributed by atoms with van der Waals surface area (Å²) in [4.78, 5) is 0. The molecule has 5 rings (SSSR count). The summed E-state index contributed by atoms with van der Waals surface area (Å²) in [7, 11) is 0. The Hall–Kier alpha value is -0.400. The zero-order chi connectivity index (χ0) is 22.0. The van der Waals surface area contributed by atoms with Crippen molar-refractivity contribution in [3.8, 4) is 11.1 Å². The molecule has 0 N–H and O–H groups in total. The van der Waals surface area contributed by atoms with Crippen molar-refractivity contribution in [1.82, 2.24) is 0 Å². The van der Waals surface area contributed by atoms with Gasteiger partial charge in [-0.1, -0.05) is 0 Å². The predicted molar refractivity (Wildman–Crippen MR) is 133 cm³/mol. The Morgan fingerprint density at radius 3 is 1.67 bits per heavy atom. The zero-order valence-electron chi connectivity index (χ0n) is 20.9. The largest absolute Gasteiger partial charge is 1.00 e. The second-order valence-corrected chi connectivity index (χ2v) is 27.4. The fourth-order valence-electron chi connectivity index (χ4n) is 5.38. The van der Waals surface area contributed by atoms with E-state index in [0.29, 0.717) is 0 Å². The summed E-state index contributed by atoms with van der Waals surface area (Å²) < 4.78 is 2.65. The number of fused-ring (bicyclic) bond motifs is 3. The van der Waals surface area contributed by atoms with E-state index < -0.39 is 20.4 Å². The molecule has 0 amide bonds. The minimum absolute atomic E-state index is 0. The number of rotatable bonds is 2. The summed E-state index contributed by atoms with van der Waals surface area (Å²) in [5.74, 6) is 0. The van der Waals surface area contributed by atoms with Crippen LogP contribution in [0.1, 0.15) is 80.3 Å². The second-order valence-electron chi connectivity index (χ2n) is 11.7. The first-order chi connectivity index (χ1) is 14.6. The first kappa shape index (κ1) is 27.2. The molecule has 0 nitrogen and oxygen atoms in total. The molecule has 1 fully saturated rings. The van der Waals surface area contributed by atoms with Gasteiger partial charge < -0.3 is 24.8 Å². The molecular weight excluding hydrogens is 539 g/mol. The van der Waals surface area contributed by atoms with E-state index in [1.165, 1.54) is 24.0 Å². The van der Waals surface area contributed by atoms with Gasteiger partial charge in [-0.2, -0.15) is 0 Å². The number of halogens is 2. The summed E-state index contributed by atoms with van der Waals surface area (Å²) >= 11 is -1.78. The molecule has 3 aliphatic rings. The molecule has 0 spiro atoms. The van der Waals surface area contributed by atoms with E-state index in [1.54, 1.807) is 34.3 Å². The maximum absolute atomic E-state index is 2.56. The molecule has 0 atom stereocenters. The van der Waals surface area contributed by atoms with Crippen molar-refractivity contribution in [1.29, 1.82) is 0 Å². The van der Waals surface area contributed by atoms with Gasteiger partial charge in [0.25, 0.3) is 0 Å². The van der Waals surface area contributed by atoms with Gasteiger partial charge in [-0.25, -0.2) is 0 Å². The van der Waals surface area contributed by atoms with Crippen LogP contribution in [0.3, 0.4) is 0 Å². The van der Waals surface area contributed by atoms with Crippen LogP contribution in [0.4, 0.5) is 0 Å². The molecule has 33 heavy (non-hydrogen) atoms. The van der Waals surface area contributed by atoms with Gasteiger partial charge in [-0.3, -0.25) is 0 Å². The number of hydrogen-bond acceptors (Lipinski definition) is 0. The second kappa shape index (κ2) is 9.93. The molecule has 0 unspecified atom stereocenters. The summed E-state index contributed by atoms with van der Waals surface area (Å²) in [6.07, 6.45) is 10.1.